The van der Waals surface area contributed by atoms with Crippen molar-refractivity contribution in [2.45, 2.75) is 51.7 Å². The van der Waals surface area contributed by atoms with Gasteiger partial charge in [-0.15, -0.1) is 0 Å². The molecule has 0 aromatic heterocycles. The van der Waals surface area contributed by atoms with E-state index in [0.717, 1.165) is 25.8 Å². The van der Waals surface area contributed by atoms with Crippen LogP contribution in [0, 0.1) is 0 Å². The highest BCUT2D eigenvalue weighted by atomic mass is 16.6. The van der Waals surface area contributed by atoms with Gasteiger partial charge in [0.05, 0.1) is 6.61 Å². The number of benzene rings is 1. The zero-order valence-electron chi connectivity index (χ0n) is 17.4. The Morgan fingerprint density at radius 3 is 2.68 bits per heavy atom. The van der Waals surface area contributed by atoms with Crippen LogP contribution in [0.1, 0.15) is 38.7 Å². The summed E-state index contributed by atoms with van der Waals surface area (Å²) in [4.78, 5) is 20.3. The van der Waals surface area contributed by atoms with E-state index in [1.165, 1.54) is 5.56 Å². The fourth-order valence-electron chi connectivity index (χ4n) is 3.30. The molecule has 1 atom stereocenters. The molecule has 7 nitrogen and oxygen atoms in total. The van der Waals surface area contributed by atoms with Gasteiger partial charge < -0.3 is 20.7 Å². The quantitative estimate of drug-likeness (QED) is 0.527. The van der Waals surface area contributed by atoms with Gasteiger partial charge in [0.25, 0.3) is 0 Å². The summed E-state index contributed by atoms with van der Waals surface area (Å²) in [5, 5.41) is 3.29. The molecule has 0 saturated carbocycles. The number of nitrogens with zero attached hydrogens (tertiary/aromatic N) is 3. The number of amides is 1. The first kappa shape index (κ1) is 22.0. The molecule has 0 spiro atoms. The highest BCUT2D eigenvalue weighted by Crippen LogP contribution is 2.12. The average Bonchev–Trinajstić information content (AvgIpc) is 2.69. The highest BCUT2D eigenvalue weighted by molar-refractivity contribution is 5.78. The van der Waals surface area contributed by atoms with E-state index >= 15 is 0 Å². The van der Waals surface area contributed by atoms with E-state index in [9.17, 15) is 4.79 Å². The third-order valence-electron chi connectivity index (χ3n) is 5.23. The number of guanidine groups is 1. The van der Waals surface area contributed by atoms with Crippen LogP contribution in [0.4, 0.5) is 4.79 Å². The van der Waals surface area contributed by atoms with Crippen molar-refractivity contribution in [2.24, 2.45) is 10.7 Å². The lowest BCUT2D eigenvalue weighted by Gasteiger charge is -2.31. The predicted molar refractivity (Wildman–Crippen MR) is 113 cm³/mol. The van der Waals surface area contributed by atoms with E-state index < -0.39 is 0 Å². The maximum Gasteiger partial charge on any atom is 0.409 e. The van der Waals surface area contributed by atoms with Gasteiger partial charge in [-0.1, -0.05) is 30.3 Å². The van der Waals surface area contributed by atoms with Crippen molar-refractivity contribution < 1.29 is 9.53 Å². The zero-order valence-corrected chi connectivity index (χ0v) is 17.4. The first-order chi connectivity index (χ1) is 13.5. The predicted octanol–water partition coefficient (Wildman–Crippen LogP) is 2.42. The third-order valence-corrected chi connectivity index (χ3v) is 5.23. The molecule has 28 heavy (non-hydrogen) atoms. The number of piperidine rings is 1. The summed E-state index contributed by atoms with van der Waals surface area (Å²) >= 11 is 0. The average molecular weight is 390 g/mol. The van der Waals surface area contributed by atoms with Crippen LogP contribution in [-0.2, 0) is 11.3 Å². The summed E-state index contributed by atoms with van der Waals surface area (Å²) in [6.45, 7) is 7.45. The van der Waals surface area contributed by atoms with Gasteiger partial charge in [0.15, 0.2) is 5.96 Å². The van der Waals surface area contributed by atoms with Crippen LogP contribution in [0.2, 0.25) is 0 Å². The molecule has 3 N–H and O–H groups in total. The number of rotatable bonds is 8. The number of carbonyl (C=O) groups excluding carboxylic acids is 1. The minimum absolute atomic E-state index is 0.226. The molecule has 1 aromatic rings. The molecular weight excluding hydrogens is 354 g/mol. The Balaban J connectivity index is 1.66. The Morgan fingerprint density at radius 1 is 1.36 bits per heavy atom. The van der Waals surface area contributed by atoms with E-state index in [1.54, 1.807) is 4.90 Å². The largest absolute Gasteiger partial charge is 0.450 e. The molecule has 1 heterocycles. The van der Waals surface area contributed by atoms with E-state index in [2.05, 4.69) is 53.4 Å². The van der Waals surface area contributed by atoms with Gasteiger partial charge in [0.1, 0.15) is 0 Å². The van der Waals surface area contributed by atoms with Gasteiger partial charge in [-0.05, 0) is 45.7 Å². The molecule has 0 bridgehead atoms. The Bertz CT molecular complexity index is 614. The van der Waals surface area contributed by atoms with Crippen molar-refractivity contribution in [3.05, 3.63) is 35.9 Å². The smallest absolute Gasteiger partial charge is 0.409 e. The Hall–Kier alpha value is -2.28. The van der Waals surface area contributed by atoms with Gasteiger partial charge in [0, 0.05) is 38.3 Å². The van der Waals surface area contributed by atoms with Crippen LogP contribution in [0.25, 0.3) is 0 Å². The second kappa shape index (κ2) is 11.5. The molecule has 0 aliphatic carbocycles. The highest BCUT2D eigenvalue weighted by Gasteiger charge is 2.23. The third kappa shape index (κ3) is 7.38. The first-order valence-corrected chi connectivity index (χ1v) is 10.2. The van der Waals surface area contributed by atoms with Gasteiger partial charge in [0.2, 0.25) is 0 Å². The number of ether oxygens (including phenoxy) is 1. The lowest BCUT2D eigenvalue weighted by Crippen LogP contribution is -2.48. The summed E-state index contributed by atoms with van der Waals surface area (Å²) in [7, 11) is 2.14. The number of hydrogen-bond acceptors (Lipinski definition) is 4. The Labute approximate surface area is 168 Å². The fraction of sp³-hybridized carbons (Fsp3) is 0.619. The summed E-state index contributed by atoms with van der Waals surface area (Å²) in [5.41, 5.74) is 7.37. The fourth-order valence-corrected chi connectivity index (χ4v) is 3.30. The van der Waals surface area contributed by atoms with Crippen molar-refractivity contribution >= 4 is 12.1 Å². The lowest BCUT2D eigenvalue weighted by atomic mass is 10.1. The van der Waals surface area contributed by atoms with Crippen LogP contribution in [-0.4, -0.2) is 67.2 Å². The number of hydrogen-bond donors (Lipinski definition) is 2. The molecular formula is C21H35N5O2. The van der Waals surface area contributed by atoms with Crippen LogP contribution >= 0.6 is 0 Å². The van der Waals surface area contributed by atoms with Crippen molar-refractivity contribution in [1.29, 1.82) is 0 Å². The molecule has 1 aliphatic rings. The monoisotopic (exact) mass is 389 g/mol. The number of likely N-dealkylation sites (tertiary alicyclic amines) is 1. The number of carbonyl (C=O) groups is 1. The SMILES string of the molecule is CCOC(=O)N1CCC(NC(N)=NCCC(C)N(C)Cc2ccccc2)CC1. The Kier molecular flexibility index (Phi) is 9.07. The minimum Gasteiger partial charge on any atom is -0.450 e. The van der Waals surface area contributed by atoms with Crippen LogP contribution in [0.3, 0.4) is 0 Å². The molecule has 1 aliphatic heterocycles. The first-order valence-electron chi connectivity index (χ1n) is 10.2. The second-order valence-electron chi connectivity index (χ2n) is 7.41. The van der Waals surface area contributed by atoms with Crippen LogP contribution in [0.15, 0.2) is 35.3 Å². The molecule has 1 saturated heterocycles. The van der Waals surface area contributed by atoms with Gasteiger partial charge in [-0.25, -0.2) is 4.79 Å². The van der Waals surface area contributed by atoms with E-state index in [4.69, 9.17) is 10.5 Å². The van der Waals surface area contributed by atoms with Crippen molar-refractivity contribution in [3.8, 4) is 0 Å². The normalized spacial score (nSPS) is 16.9. The number of nitrogens with one attached hydrogen (secondary N) is 1. The molecule has 1 amide bonds. The van der Waals surface area contributed by atoms with Crippen molar-refractivity contribution in [3.63, 3.8) is 0 Å². The molecule has 0 radical (unpaired) electrons. The number of nitrogens with two attached hydrogens (primary N) is 1. The molecule has 2 rings (SSSR count). The zero-order chi connectivity index (χ0) is 20.4. The standard InChI is InChI=1S/C21H35N5O2/c1-4-28-21(27)26-14-11-19(12-15-26)24-20(22)23-13-10-17(2)25(3)16-18-8-6-5-7-9-18/h5-9,17,19H,4,10-16H2,1-3H3,(H3,22,23,24). The minimum atomic E-state index is -0.226. The summed E-state index contributed by atoms with van der Waals surface area (Å²) in [5.74, 6) is 0.493. The van der Waals surface area contributed by atoms with E-state index in [-0.39, 0.29) is 12.1 Å². The van der Waals surface area contributed by atoms with Gasteiger partial charge in [-0.2, -0.15) is 0 Å². The van der Waals surface area contributed by atoms with Crippen molar-refractivity contribution in [2.75, 3.05) is 33.3 Å². The maximum atomic E-state index is 11.7. The second-order valence-corrected chi connectivity index (χ2v) is 7.41. The maximum absolute atomic E-state index is 11.7. The molecule has 156 valence electrons. The molecule has 7 heteroatoms. The van der Waals surface area contributed by atoms with Gasteiger partial charge in [-0.3, -0.25) is 9.89 Å². The Morgan fingerprint density at radius 2 is 2.04 bits per heavy atom. The molecule has 1 unspecified atom stereocenters. The van der Waals surface area contributed by atoms with Gasteiger partial charge >= 0.3 is 6.09 Å². The van der Waals surface area contributed by atoms with E-state index in [1.807, 2.05) is 13.0 Å². The lowest BCUT2D eigenvalue weighted by molar-refractivity contribution is 0.0963. The summed E-state index contributed by atoms with van der Waals surface area (Å²) in [6.07, 6.45) is 2.43. The van der Waals surface area contributed by atoms with Crippen molar-refractivity contribution in [1.82, 2.24) is 15.1 Å². The molecule has 1 aromatic carbocycles. The summed E-state index contributed by atoms with van der Waals surface area (Å²) < 4.78 is 5.04. The van der Waals surface area contributed by atoms with Crippen LogP contribution < -0.4 is 11.1 Å². The van der Waals surface area contributed by atoms with E-state index in [0.29, 0.717) is 38.2 Å². The number of aliphatic imine (C=N–C) groups is 1. The summed E-state index contributed by atoms with van der Waals surface area (Å²) in [6, 6.07) is 11.2. The molecule has 1 fully saturated rings. The van der Waals surface area contributed by atoms with Crippen LogP contribution in [0.5, 0.6) is 0 Å². The topological polar surface area (TPSA) is 83.2 Å².